The van der Waals surface area contributed by atoms with Crippen molar-refractivity contribution in [2.45, 2.75) is 466 Å². The second-order valence-corrected chi connectivity index (χ2v) is 34.7. The lowest BCUT2D eigenvalue weighted by Crippen LogP contribution is -2.35. The molecule has 114 heavy (non-hydrogen) atoms. The Morgan fingerprint density at radius 3 is 0.693 bits per heavy atom. The van der Waals surface area contributed by atoms with E-state index in [0.717, 1.165) is 123 Å². The number of carbonyl (C=O) groups is 4. The monoisotopic (exact) mass is 1640 g/mol. The summed E-state index contributed by atoms with van der Waals surface area (Å²) in [4.78, 5) is 57.7. The van der Waals surface area contributed by atoms with Crippen LogP contribution in [0.2, 0.25) is 0 Å². The number of halogens is 1. The average molecular weight is 1640 g/mol. The number of likely N-dealkylation sites (N-methyl/N-ethyl adjacent to an activating group) is 2. The molecule has 16 heteroatoms. The van der Waals surface area contributed by atoms with E-state index in [1.165, 1.54) is 308 Å². The van der Waals surface area contributed by atoms with Gasteiger partial charge in [0.1, 0.15) is 0 Å². The number of unbranched alkanes of at least 4 members (excludes halogenated alkanes) is 40. The van der Waals surface area contributed by atoms with Gasteiger partial charge in [-0.05, 0) is 167 Å². The molecule has 0 aromatic rings. The SMILES string of the molecule is CCCCCCCCC(CCCCCC)COC(=O)CCCCCN(CCCCCC(=O)OCC(CCCCCC)CCCCCCCC)CCN(C)CCO.CCCCCCCCC(CCCCCC)COC(=O)CCCCCN(CCCl)CCCCCC(=O)OCC(CCCCCC)CCCCCCCC.CNCCO.[B]. The standard InChI is InChI=1S/C49H98N2O5.C46H90ClNO4.C3H9NO.B/c1-6-10-14-18-20-26-34-46(32-24-16-12-8-3)44-55-48(53)36-28-22-30-38-51(41-40-50(5)42-43-52)39-31-23-29-37-49(54)56-45-47(33-25-17-13-9-4)35-27-21-19-15-11-7-2;1-5-9-13-17-19-25-33-43(31-23-15-11-7-3)41-51-45(49)35-27-21-29-38-48(40-37-47)39-30-22-28-36-46(50)52-42-44(32-24-16-12-8-4)34-26-20-18-14-10-6-2;1-4-2-3-5;/h46-47,52H,6-45H2,1-5H3;43-44H,5-42H2,1-4H3;4-5H,2-3H2,1H3;. The third-order valence-corrected chi connectivity index (χ3v) is 23.3. The lowest BCUT2D eigenvalue weighted by Gasteiger charge is -2.25. The predicted octanol–water partition coefficient (Wildman–Crippen LogP) is 26.3. The van der Waals surface area contributed by atoms with Crippen LogP contribution in [-0.2, 0) is 38.1 Å². The summed E-state index contributed by atoms with van der Waals surface area (Å²) in [6, 6.07) is 0. The van der Waals surface area contributed by atoms with Gasteiger partial charge in [0.25, 0.3) is 0 Å². The molecule has 0 saturated carbocycles. The van der Waals surface area contributed by atoms with E-state index in [1.54, 1.807) is 7.05 Å². The van der Waals surface area contributed by atoms with Crippen molar-refractivity contribution in [3.8, 4) is 0 Å². The lowest BCUT2D eigenvalue weighted by molar-refractivity contribution is -0.146. The highest BCUT2D eigenvalue weighted by molar-refractivity contribution is 6.18. The fourth-order valence-electron chi connectivity index (χ4n) is 15.3. The van der Waals surface area contributed by atoms with E-state index in [4.69, 9.17) is 35.7 Å². The zero-order valence-corrected chi connectivity index (χ0v) is 78.6. The van der Waals surface area contributed by atoms with Gasteiger partial charge in [0.15, 0.2) is 0 Å². The fraction of sp³-hybridized carbons (Fsp3) is 0.959. The summed E-state index contributed by atoms with van der Waals surface area (Å²) in [5.74, 6) is 2.65. The van der Waals surface area contributed by atoms with Crippen LogP contribution in [0, 0.1) is 23.7 Å². The van der Waals surface area contributed by atoms with E-state index in [9.17, 15) is 24.3 Å². The minimum Gasteiger partial charge on any atom is -0.465 e. The van der Waals surface area contributed by atoms with Crippen LogP contribution in [-0.4, -0.2) is 176 Å². The molecular formula is C98H197BClN4O10. The highest BCUT2D eigenvalue weighted by Crippen LogP contribution is 2.25. The van der Waals surface area contributed by atoms with Crippen LogP contribution in [0.15, 0.2) is 0 Å². The van der Waals surface area contributed by atoms with Gasteiger partial charge < -0.3 is 49.2 Å². The molecule has 4 atom stereocenters. The zero-order chi connectivity index (χ0) is 83.5. The number of nitrogens with zero attached hydrogens (tertiary/aromatic N) is 3. The van der Waals surface area contributed by atoms with Crippen molar-refractivity contribution in [1.29, 1.82) is 0 Å². The topological polar surface area (TPSA) is 167 Å². The normalized spacial score (nSPS) is 12.5. The zero-order valence-electron chi connectivity index (χ0n) is 77.8. The number of carbonyl (C=O) groups excluding carboxylic acids is 4. The molecular weight excluding hydrogens is 1440 g/mol. The molecule has 0 heterocycles. The maximum absolute atomic E-state index is 12.7. The summed E-state index contributed by atoms with van der Waals surface area (Å²) in [6.07, 6.45) is 75.7. The third kappa shape index (κ3) is 92.3. The van der Waals surface area contributed by atoms with Gasteiger partial charge >= 0.3 is 23.9 Å². The Morgan fingerprint density at radius 1 is 0.281 bits per heavy atom. The van der Waals surface area contributed by atoms with E-state index in [2.05, 4.69) is 82.5 Å². The minimum atomic E-state index is -0.0205. The maximum Gasteiger partial charge on any atom is 0.305 e. The Labute approximate surface area is 716 Å². The molecule has 0 aromatic carbocycles. The summed E-state index contributed by atoms with van der Waals surface area (Å²) in [7, 11) is 3.87. The molecule has 3 radical (unpaired) electrons. The van der Waals surface area contributed by atoms with E-state index in [0.29, 0.717) is 94.8 Å². The van der Waals surface area contributed by atoms with E-state index < -0.39 is 0 Å². The number of hydrogen-bond acceptors (Lipinski definition) is 14. The van der Waals surface area contributed by atoms with Crippen molar-refractivity contribution in [3.05, 3.63) is 0 Å². The summed E-state index contributed by atoms with van der Waals surface area (Å²) in [5, 5.41) is 20.1. The van der Waals surface area contributed by atoms with Crippen LogP contribution >= 0.6 is 11.6 Å². The molecule has 0 fully saturated rings. The second-order valence-electron chi connectivity index (χ2n) is 34.3. The summed E-state index contributed by atoms with van der Waals surface area (Å²) in [5.41, 5.74) is 0. The number of aliphatic hydroxyl groups excluding tert-OH is 2. The molecule has 0 aliphatic heterocycles. The smallest absolute Gasteiger partial charge is 0.305 e. The summed E-state index contributed by atoms with van der Waals surface area (Å²) in [6.45, 7) is 29.2. The molecule has 0 amide bonds. The molecule has 0 aliphatic carbocycles. The Bertz CT molecular complexity index is 1780. The molecule has 3 N–H and O–H groups in total. The fourth-order valence-corrected chi connectivity index (χ4v) is 15.5. The van der Waals surface area contributed by atoms with Crippen molar-refractivity contribution in [2.24, 2.45) is 23.7 Å². The van der Waals surface area contributed by atoms with Gasteiger partial charge in [-0.25, -0.2) is 0 Å². The first-order valence-electron chi connectivity index (χ1n) is 49.5. The van der Waals surface area contributed by atoms with Gasteiger partial charge in [-0.2, -0.15) is 0 Å². The first kappa shape index (κ1) is 118. The molecule has 0 rings (SSSR count). The van der Waals surface area contributed by atoms with Gasteiger partial charge in [-0.1, -0.05) is 338 Å². The number of hydrogen-bond donors (Lipinski definition) is 3. The van der Waals surface area contributed by atoms with Crippen LogP contribution in [0.25, 0.3) is 0 Å². The number of alkyl halides is 1. The van der Waals surface area contributed by atoms with Gasteiger partial charge in [0, 0.05) is 72.7 Å². The third-order valence-electron chi connectivity index (χ3n) is 23.1. The van der Waals surface area contributed by atoms with E-state index in [-0.39, 0.29) is 45.5 Å². The van der Waals surface area contributed by atoms with E-state index >= 15 is 0 Å². The summed E-state index contributed by atoms with van der Waals surface area (Å²) >= 11 is 6.13. The number of rotatable bonds is 89. The Morgan fingerprint density at radius 2 is 0.491 bits per heavy atom. The predicted molar refractivity (Wildman–Crippen MR) is 494 cm³/mol. The highest BCUT2D eigenvalue weighted by atomic mass is 35.5. The molecule has 0 bridgehead atoms. The number of aliphatic hydroxyl groups is 2. The number of esters is 4. The van der Waals surface area contributed by atoms with Crippen LogP contribution in [0.4, 0.5) is 0 Å². The molecule has 0 saturated heterocycles. The Hall–Kier alpha value is -2.01. The second kappa shape index (κ2) is 99.8. The summed E-state index contributed by atoms with van der Waals surface area (Å²) < 4.78 is 23.3. The molecule has 0 aromatic heterocycles. The lowest BCUT2D eigenvalue weighted by atomic mass is 9.95. The molecule has 0 spiro atoms. The first-order valence-corrected chi connectivity index (χ1v) is 50.0. The maximum atomic E-state index is 12.7. The highest BCUT2D eigenvalue weighted by Gasteiger charge is 2.18. The first-order chi connectivity index (χ1) is 55.3. The Balaban J connectivity index is -0.000000994. The molecule has 4 unspecified atom stereocenters. The average Bonchev–Trinajstić information content (AvgIpc) is 0.993. The molecule has 0 aliphatic rings. The minimum absolute atomic E-state index is 0. The van der Waals surface area contributed by atoms with Crippen LogP contribution < -0.4 is 5.32 Å². The van der Waals surface area contributed by atoms with Crippen LogP contribution in [0.3, 0.4) is 0 Å². The van der Waals surface area contributed by atoms with Crippen molar-refractivity contribution < 1.29 is 48.3 Å². The molecule has 14 nitrogen and oxygen atoms in total. The van der Waals surface area contributed by atoms with Crippen LogP contribution in [0.5, 0.6) is 0 Å². The van der Waals surface area contributed by atoms with E-state index in [1.807, 2.05) is 0 Å². The quantitative estimate of drug-likeness (QED) is 0.0173. The number of nitrogens with one attached hydrogen (secondary N) is 1. The van der Waals surface area contributed by atoms with Crippen molar-refractivity contribution in [1.82, 2.24) is 20.0 Å². The van der Waals surface area contributed by atoms with Gasteiger partial charge in [0.05, 0.1) is 39.6 Å². The van der Waals surface area contributed by atoms with Crippen LogP contribution in [0.1, 0.15) is 466 Å². The van der Waals surface area contributed by atoms with Crippen molar-refractivity contribution in [2.75, 3.05) is 119 Å². The molecule has 679 valence electrons. The largest absolute Gasteiger partial charge is 0.465 e. The van der Waals surface area contributed by atoms with Gasteiger partial charge in [-0.3, -0.25) is 19.2 Å². The van der Waals surface area contributed by atoms with Gasteiger partial charge in [-0.15, -0.1) is 11.6 Å². The van der Waals surface area contributed by atoms with Gasteiger partial charge in [0.2, 0.25) is 0 Å². The number of ether oxygens (including phenoxy) is 4. The van der Waals surface area contributed by atoms with Crippen molar-refractivity contribution in [3.63, 3.8) is 0 Å². The Kier molecular flexibility index (Phi) is 104. The van der Waals surface area contributed by atoms with Crippen molar-refractivity contribution >= 4 is 43.9 Å².